The quantitative estimate of drug-likeness (QED) is 0.710. The molecule has 1 rings (SSSR count). The summed E-state index contributed by atoms with van der Waals surface area (Å²) in [4.78, 5) is 11.9. The zero-order valence-electron chi connectivity index (χ0n) is 11.1. The minimum Gasteiger partial charge on any atom is -0.381 e. The van der Waals surface area contributed by atoms with Crippen molar-refractivity contribution in [2.75, 3.05) is 11.1 Å². The highest BCUT2D eigenvalue weighted by molar-refractivity contribution is 8.00. The van der Waals surface area contributed by atoms with Gasteiger partial charge in [-0.3, -0.25) is 4.79 Å². The molecular formula is C14H22N2OS. The van der Waals surface area contributed by atoms with E-state index >= 15 is 0 Å². The fourth-order valence-electron chi connectivity index (χ4n) is 1.81. The third kappa shape index (κ3) is 5.00. The third-order valence-electron chi connectivity index (χ3n) is 2.75. The number of anilines is 1. The molecule has 1 aromatic carbocycles. The number of hydrogen-bond acceptors (Lipinski definition) is 3. The van der Waals surface area contributed by atoms with E-state index in [-0.39, 0.29) is 5.91 Å². The first-order valence-electron chi connectivity index (χ1n) is 6.44. The van der Waals surface area contributed by atoms with Gasteiger partial charge < -0.3 is 11.1 Å². The van der Waals surface area contributed by atoms with Gasteiger partial charge in [-0.05, 0) is 25.0 Å². The lowest BCUT2D eigenvalue weighted by atomic mass is 10.1. The summed E-state index contributed by atoms with van der Waals surface area (Å²) in [6.07, 6.45) is 3.43. The molecule has 18 heavy (non-hydrogen) atoms. The largest absolute Gasteiger partial charge is 0.381 e. The standard InChI is InChI=1S/C14H22N2OS/c1-3-7-11(4-2)16-12-8-5-6-9-13(12)18-10-14(15)17/h5-6,8-9,11,16H,3-4,7,10H2,1-2H3,(H2,15,17). The first-order chi connectivity index (χ1) is 8.67. The van der Waals surface area contributed by atoms with E-state index in [2.05, 4.69) is 25.2 Å². The van der Waals surface area contributed by atoms with Crippen molar-refractivity contribution >= 4 is 23.4 Å². The van der Waals surface area contributed by atoms with Crippen molar-refractivity contribution in [3.05, 3.63) is 24.3 Å². The molecule has 0 saturated heterocycles. The van der Waals surface area contributed by atoms with Gasteiger partial charge in [0.1, 0.15) is 0 Å². The van der Waals surface area contributed by atoms with Crippen LogP contribution in [0.25, 0.3) is 0 Å². The van der Waals surface area contributed by atoms with Crippen LogP contribution in [0.4, 0.5) is 5.69 Å². The van der Waals surface area contributed by atoms with E-state index in [0.717, 1.165) is 23.4 Å². The smallest absolute Gasteiger partial charge is 0.227 e. The van der Waals surface area contributed by atoms with Gasteiger partial charge in [-0.15, -0.1) is 11.8 Å². The number of benzene rings is 1. The molecular weight excluding hydrogens is 244 g/mol. The van der Waals surface area contributed by atoms with E-state index in [9.17, 15) is 4.79 Å². The average molecular weight is 266 g/mol. The van der Waals surface area contributed by atoms with E-state index in [1.165, 1.54) is 18.2 Å². The average Bonchev–Trinajstić information content (AvgIpc) is 2.37. The van der Waals surface area contributed by atoms with Crippen LogP contribution in [0.3, 0.4) is 0 Å². The van der Waals surface area contributed by atoms with Gasteiger partial charge in [-0.1, -0.05) is 32.4 Å². The summed E-state index contributed by atoms with van der Waals surface area (Å²) < 4.78 is 0. The number of carbonyl (C=O) groups excluding carboxylic acids is 1. The highest BCUT2D eigenvalue weighted by Crippen LogP contribution is 2.28. The Balaban J connectivity index is 2.71. The maximum absolute atomic E-state index is 10.8. The van der Waals surface area contributed by atoms with Crippen molar-refractivity contribution < 1.29 is 4.79 Å². The molecule has 1 aromatic rings. The highest BCUT2D eigenvalue weighted by atomic mass is 32.2. The lowest BCUT2D eigenvalue weighted by Gasteiger charge is -2.19. The zero-order valence-corrected chi connectivity index (χ0v) is 11.9. The molecule has 0 heterocycles. The summed E-state index contributed by atoms with van der Waals surface area (Å²) >= 11 is 1.49. The summed E-state index contributed by atoms with van der Waals surface area (Å²) in [6.45, 7) is 4.38. The van der Waals surface area contributed by atoms with Crippen LogP contribution in [0.15, 0.2) is 29.2 Å². The lowest BCUT2D eigenvalue weighted by molar-refractivity contribution is -0.115. The lowest BCUT2D eigenvalue weighted by Crippen LogP contribution is -2.18. The summed E-state index contributed by atoms with van der Waals surface area (Å²) in [5, 5.41) is 3.55. The number of primary amides is 1. The van der Waals surface area contributed by atoms with Crippen LogP contribution in [0.2, 0.25) is 0 Å². The monoisotopic (exact) mass is 266 g/mol. The van der Waals surface area contributed by atoms with Gasteiger partial charge >= 0.3 is 0 Å². The zero-order chi connectivity index (χ0) is 13.4. The Kier molecular flexibility index (Phi) is 6.65. The Morgan fingerprint density at radius 2 is 2.11 bits per heavy atom. The second-order valence-electron chi connectivity index (χ2n) is 4.29. The molecule has 0 aromatic heterocycles. The Bertz CT molecular complexity index is 382. The van der Waals surface area contributed by atoms with Crippen molar-refractivity contribution in [3.8, 4) is 0 Å². The van der Waals surface area contributed by atoms with Gasteiger partial charge in [-0.2, -0.15) is 0 Å². The summed E-state index contributed by atoms with van der Waals surface area (Å²) in [5.74, 6) is 0.0406. The maximum Gasteiger partial charge on any atom is 0.227 e. The first kappa shape index (κ1) is 14.9. The van der Waals surface area contributed by atoms with Crippen molar-refractivity contribution in [1.29, 1.82) is 0 Å². The van der Waals surface area contributed by atoms with Gasteiger partial charge in [0.25, 0.3) is 0 Å². The number of nitrogens with two attached hydrogens (primary N) is 1. The second kappa shape index (κ2) is 8.03. The van der Waals surface area contributed by atoms with Gasteiger partial charge in [0.2, 0.25) is 5.91 Å². The minimum absolute atomic E-state index is 0.282. The maximum atomic E-state index is 10.8. The van der Waals surface area contributed by atoms with Crippen molar-refractivity contribution in [1.82, 2.24) is 0 Å². The number of amides is 1. The molecule has 0 aliphatic heterocycles. The molecule has 1 atom stereocenters. The van der Waals surface area contributed by atoms with Crippen LogP contribution in [0.1, 0.15) is 33.1 Å². The second-order valence-corrected chi connectivity index (χ2v) is 5.31. The van der Waals surface area contributed by atoms with E-state index in [0.29, 0.717) is 11.8 Å². The fraction of sp³-hybridized carbons (Fsp3) is 0.500. The van der Waals surface area contributed by atoms with E-state index < -0.39 is 0 Å². The Hall–Kier alpha value is -1.16. The topological polar surface area (TPSA) is 55.1 Å². The van der Waals surface area contributed by atoms with Crippen LogP contribution < -0.4 is 11.1 Å². The van der Waals surface area contributed by atoms with Crippen LogP contribution >= 0.6 is 11.8 Å². The predicted octanol–water partition coefficient (Wildman–Crippen LogP) is 3.25. The van der Waals surface area contributed by atoms with Gasteiger partial charge in [0.15, 0.2) is 0 Å². The van der Waals surface area contributed by atoms with Crippen LogP contribution in [-0.4, -0.2) is 17.7 Å². The summed E-state index contributed by atoms with van der Waals surface area (Å²) in [6, 6.07) is 8.56. The molecule has 0 aliphatic rings. The van der Waals surface area contributed by atoms with Crippen LogP contribution in [0, 0.1) is 0 Å². The number of nitrogens with one attached hydrogen (secondary N) is 1. The molecule has 1 amide bonds. The number of rotatable bonds is 8. The molecule has 0 aliphatic carbocycles. The molecule has 0 bridgehead atoms. The Morgan fingerprint density at radius 3 is 2.72 bits per heavy atom. The van der Waals surface area contributed by atoms with Crippen molar-refractivity contribution in [2.45, 2.75) is 44.0 Å². The van der Waals surface area contributed by atoms with Crippen LogP contribution in [-0.2, 0) is 4.79 Å². The third-order valence-corrected chi connectivity index (χ3v) is 3.84. The van der Waals surface area contributed by atoms with E-state index in [4.69, 9.17) is 5.73 Å². The highest BCUT2D eigenvalue weighted by Gasteiger charge is 2.09. The van der Waals surface area contributed by atoms with Crippen molar-refractivity contribution in [2.24, 2.45) is 5.73 Å². The number of carbonyl (C=O) groups is 1. The number of hydrogen-bond donors (Lipinski definition) is 2. The molecule has 1 unspecified atom stereocenters. The molecule has 100 valence electrons. The molecule has 0 fully saturated rings. The Morgan fingerprint density at radius 1 is 1.39 bits per heavy atom. The fourth-order valence-corrected chi connectivity index (χ4v) is 2.56. The van der Waals surface area contributed by atoms with Gasteiger partial charge in [0, 0.05) is 16.6 Å². The molecule has 3 N–H and O–H groups in total. The molecule has 4 heteroatoms. The Labute approximate surface area is 114 Å². The van der Waals surface area contributed by atoms with Gasteiger partial charge in [-0.25, -0.2) is 0 Å². The minimum atomic E-state index is -0.282. The summed E-state index contributed by atoms with van der Waals surface area (Å²) in [5.41, 5.74) is 6.29. The predicted molar refractivity (Wildman–Crippen MR) is 79.0 cm³/mol. The first-order valence-corrected chi connectivity index (χ1v) is 7.42. The number of thioether (sulfide) groups is 1. The normalized spacial score (nSPS) is 12.1. The van der Waals surface area contributed by atoms with E-state index in [1.807, 2.05) is 18.2 Å². The molecule has 0 saturated carbocycles. The molecule has 3 nitrogen and oxygen atoms in total. The SMILES string of the molecule is CCCC(CC)Nc1ccccc1SCC(N)=O. The summed E-state index contributed by atoms with van der Waals surface area (Å²) in [7, 11) is 0. The number of para-hydroxylation sites is 1. The van der Waals surface area contributed by atoms with Crippen molar-refractivity contribution in [3.63, 3.8) is 0 Å². The molecule has 0 radical (unpaired) electrons. The van der Waals surface area contributed by atoms with Gasteiger partial charge in [0.05, 0.1) is 5.75 Å². The van der Waals surface area contributed by atoms with Crippen LogP contribution in [0.5, 0.6) is 0 Å². The molecule has 0 spiro atoms. The van der Waals surface area contributed by atoms with E-state index in [1.54, 1.807) is 0 Å².